The molecule has 7 heteroatoms. The minimum atomic E-state index is 0.444. The lowest BCUT2D eigenvalue weighted by Gasteiger charge is -1.99. The fourth-order valence-electron chi connectivity index (χ4n) is 2.16. The summed E-state index contributed by atoms with van der Waals surface area (Å²) < 4.78 is 5.73. The van der Waals surface area contributed by atoms with Gasteiger partial charge in [-0.15, -0.1) is 10.2 Å². The molecule has 0 radical (unpaired) electrons. The summed E-state index contributed by atoms with van der Waals surface area (Å²) >= 11 is 1.30. The molecule has 0 aliphatic carbocycles. The standard InChI is InChI=1S/C16H11N5OS/c1-10-4-2-3-5-11(10)15-20-21-16(22-15)23-13-7-6-12-14(19-13)18-9-8-17-12/h2-9H,1H3. The highest BCUT2D eigenvalue weighted by molar-refractivity contribution is 7.99. The topological polar surface area (TPSA) is 77.6 Å². The Kier molecular flexibility index (Phi) is 3.47. The molecule has 4 aromatic rings. The minimum Gasteiger partial charge on any atom is -0.411 e. The lowest BCUT2D eigenvalue weighted by molar-refractivity contribution is 0.465. The molecule has 3 heterocycles. The van der Waals surface area contributed by atoms with Gasteiger partial charge in [-0.3, -0.25) is 4.98 Å². The normalized spacial score (nSPS) is 11.0. The molecule has 6 nitrogen and oxygen atoms in total. The van der Waals surface area contributed by atoms with Crippen LogP contribution >= 0.6 is 11.8 Å². The number of hydrogen-bond acceptors (Lipinski definition) is 7. The van der Waals surface area contributed by atoms with Crippen LogP contribution in [0.2, 0.25) is 0 Å². The first kappa shape index (κ1) is 13.8. The number of pyridine rings is 1. The summed E-state index contributed by atoms with van der Waals surface area (Å²) in [5, 5.41) is 9.37. The number of nitrogens with zero attached hydrogens (tertiary/aromatic N) is 5. The van der Waals surface area contributed by atoms with Gasteiger partial charge in [0.25, 0.3) is 5.22 Å². The average Bonchev–Trinajstić information content (AvgIpc) is 3.03. The van der Waals surface area contributed by atoms with Crippen molar-refractivity contribution in [2.75, 3.05) is 0 Å². The average molecular weight is 321 g/mol. The van der Waals surface area contributed by atoms with Crippen molar-refractivity contribution in [1.82, 2.24) is 25.1 Å². The Morgan fingerprint density at radius 3 is 2.74 bits per heavy atom. The van der Waals surface area contributed by atoms with E-state index in [0.717, 1.165) is 21.7 Å². The van der Waals surface area contributed by atoms with Crippen molar-refractivity contribution in [3.05, 3.63) is 54.4 Å². The molecule has 0 aliphatic heterocycles. The van der Waals surface area contributed by atoms with E-state index in [4.69, 9.17) is 4.42 Å². The summed E-state index contributed by atoms with van der Waals surface area (Å²) in [6, 6.07) is 11.6. The van der Waals surface area contributed by atoms with E-state index in [-0.39, 0.29) is 0 Å². The first-order chi connectivity index (χ1) is 11.3. The summed E-state index contributed by atoms with van der Waals surface area (Å²) in [7, 11) is 0. The largest absolute Gasteiger partial charge is 0.411 e. The molecule has 0 aliphatic rings. The SMILES string of the molecule is Cc1ccccc1-c1nnc(Sc2ccc3nccnc3n2)o1. The van der Waals surface area contributed by atoms with Crippen molar-refractivity contribution in [1.29, 1.82) is 0 Å². The van der Waals surface area contributed by atoms with Crippen molar-refractivity contribution < 1.29 is 4.42 Å². The van der Waals surface area contributed by atoms with E-state index in [1.165, 1.54) is 11.8 Å². The van der Waals surface area contributed by atoms with Gasteiger partial charge in [-0.25, -0.2) is 9.97 Å². The van der Waals surface area contributed by atoms with Gasteiger partial charge in [0.1, 0.15) is 10.5 Å². The molecule has 0 N–H and O–H groups in total. The van der Waals surface area contributed by atoms with E-state index in [0.29, 0.717) is 16.8 Å². The second-order valence-electron chi connectivity index (χ2n) is 4.84. The Labute approximate surface area is 136 Å². The van der Waals surface area contributed by atoms with Crippen LogP contribution < -0.4 is 0 Å². The molecule has 3 aromatic heterocycles. The second-order valence-corrected chi connectivity index (χ2v) is 5.81. The summed E-state index contributed by atoms with van der Waals surface area (Å²) in [4.78, 5) is 12.8. The van der Waals surface area contributed by atoms with E-state index < -0.39 is 0 Å². The number of aromatic nitrogens is 5. The third-order valence-corrected chi connectivity index (χ3v) is 4.06. The zero-order chi connectivity index (χ0) is 15.6. The van der Waals surface area contributed by atoms with Crippen LogP contribution in [0.4, 0.5) is 0 Å². The van der Waals surface area contributed by atoms with Gasteiger partial charge in [-0.1, -0.05) is 18.2 Å². The maximum atomic E-state index is 5.73. The number of fused-ring (bicyclic) bond motifs is 1. The van der Waals surface area contributed by atoms with Gasteiger partial charge >= 0.3 is 0 Å². The summed E-state index contributed by atoms with van der Waals surface area (Å²) in [6.45, 7) is 2.01. The van der Waals surface area contributed by atoms with Crippen LogP contribution in [0.5, 0.6) is 0 Å². The molecule has 23 heavy (non-hydrogen) atoms. The van der Waals surface area contributed by atoms with E-state index in [1.807, 2.05) is 43.3 Å². The number of aryl methyl sites for hydroxylation is 1. The molecule has 0 unspecified atom stereocenters. The summed E-state index contributed by atoms with van der Waals surface area (Å²) in [6.07, 6.45) is 3.26. The third-order valence-electron chi connectivity index (χ3n) is 3.28. The molecular weight excluding hydrogens is 310 g/mol. The van der Waals surface area contributed by atoms with Crippen LogP contribution in [0.15, 0.2) is 63.5 Å². The van der Waals surface area contributed by atoms with E-state index in [9.17, 15) is 0 Å². The molecule has 0 amide bonds. The highest BCUT2D eigenvalue weighted by Gasteiger charge is 2.12. The van der Waals surface area contributed by atoms with Crippen LogP contribution in [0.3, 0.4) is 0 Å². The monoisotopic (exact) mass is 321 g/mol. The molecule has 0 atom stereocenters. The minimum absolute atomic E-state index is 0.444. The van der Waals surface area contributed by atoms with Crippen molar-refractivity contribution >= 4 is 22.9 Å². The highest BCUT2D eigenvalue weighted by atomic mass is 32.2. The van der Waals surface area contributed by atoms with Crippen LogP contribution in [-0.4, -0.2) is 25.1 Å². The number of hydrogen-bond donors (Lipinski definition) is 0. The molecule has 4 rings (SSSR count). The Morgan fingerprint density at radius 2 is 1.83 bits per heavy atom. The maximum absolute atomic E-state index is 5.73. The van der Waals surface area contributed by atoms with Crippen molar-refractivity contribution in [2.45, 2.75) is 17.2 Å². The lowest BCUT2D eigenvalue weighted by atomic mass is 10.1. The Morgan fingerprint density at radius 1 is 0.957 bits per heavy atom. The van der Waals surface area contributed by atoms with Crippen molar-refractivity contribution in [3.8, 4) is 11.5 Å². The van der Waals surface area contributed by atoms with E-state index in [1.54, 1.807) is 12.4 Å². The Balaban J connectivity index is 1.63. The van der Waals surface area contributed by atoms with Crippen LogP contribution in [0, 0.1) is 6.92 Å². The molecule has 0 bridgehead atoms. The molecule has 0 saturated heterocycles. The molecule has 0 saturated carbocycles. The number of rotatable bonds is 3. The third kappa shape index (κ3) is 2.78. The zero-order valence-electron chi connectivity index (χ0n) is 12.2. The fraction of sp³-hybridized carbons (Fsp3) is 0.0625. The Hall–Kier alpha value is -2.80. The predicted molar refractivity (Wildman–Crippen MR) is 85.9 cm³/mol. The van der Waals surface area contributed by atoms with Crippen molar-refractivity contribution in [2.24, 2.45) is 0 Å². The molecule has 0 spiro atoms. The Bertz CT molecular complexity index is 985. The van der Waals surface area contributed by atoms with Gasteiger partial charge < -0.3 is 4.42 Å². The predicted octanol–water partition coefficient (Wildman–Crippen LogP) is 3.53. The van der Waals surface area contributed by atoms with Gasteiger partial charge in [0, 0.05) is 18.0 Å². The van der Waals surface area contributed by atoms with Gasteiger partial charge in [-0.05, 0) is 42.4 Å². The first-order valence-corrected chi connectivity index (χ1v) is 7.76. The molecule has 112 valence electrons. The van der Waals surface area contributed by atoms with Gasteiger partial charge in [0.05, 0.1) is 0 Å². The van der Waals surface area contributed by atoms with Gasteiger partial charge in [-0.2, -0.15) is 0 Å². The van der Waals surface area contributed by atoms with Gasteiger partial charge in [0.15, 0.2) is 5.65 Å². The van der Waals surface area contributed by atoms with Gasteiger partial charge in [0.2, 0.25) is 5.89 Å². The van der Waals surface area contributed by atoms with Crippen LogP contribution in [-0.2, 0) is 0 Å². The molecule has 0 fully saturated rings. The second kappa shape index (κ2) is 5.77. The first-order valence-electron chi connectivity index (χ1n) is 6.95. The quantitative estimate of drug-likeness (QED) is 0.571. The summed E-state index contributed by atoms with van der Waals surface area (Å²) in [5.41, 5.74) is 3.37. The molecular formula is C16H11N5OS. The summed E-state index contributed by atoms with van der Waals surface area (Å²) in [5.74, 6) is 0.506. The van der Waals surface area contributed by atoms with E-state index >= 15 is 0 Å². The van der Waals surface area contributed by atoms with Crippen molar-refractivity contribution in [3.63, 3.8) is 0 Å². The number of benzene rings is 1. The fourth-order valence-corrected chi connectivity index (χ4v) is 2.81. The smallest absolute Gasteiger partial charge is 0.283 e. The van der Waals surface area contributed by atoms with Crippen LogP contribution in [0.1, 0.15) is 5.56 Å². The molecule has 1 aromatic carbocycles. The van der Waals surface area contributed by atoms with E-state index in [2.05, 4.69) is 25.1 Å². The van der Waals surface area contributed by atoms with Crippen LogP contribution in [0.25, 0.3) is 22.6 Å². The highest BCUT2D eigenvalue weighted by Crippen LogP contribution is 2.29. The zero-order valence-corrected chi connectivity index (χ0v) is 13.0. The maximum Gasteiger partial charge on any atom is 0.283 e. The lowest BCUT2D eigenvalue weighted by Crippen LogP contribution is -1.87.